The number of fused-ring (bicyclic) bond motifs is 1. The summed E-state index contributed by atoms with van der Waals surface area (Å²) in [6.45, 7) is 17.5. The summed E-state index contributed by atoms with van der Waals surface area (Å²) in [7, 11) is 0. The van der Waals surface area contributed by atoms with Crippen molar-refractivity contribution in [1.82, 2.24) is 15.0 Å². The second-order valence-corrected chi connectivity index (χ2v) is 15.2. The predicted octanol–water partition coefficient (Wildman–Crippen LogP) is 10.8. The largest absolute Gasteiger partial charge is 2.00 e. The second-order valence-electron chi connectivity index (χ2n) is 12.9. The standard InChI is InChI=1S/C37H35N3OS2.Pt/c1-22-32-35(43-34(22)24-12-14-26(15-13-24)36(3,4)5)33(40-21-39-32)31-20-30(23(2)42-31)41-28-11-9-10-25(18-28)29-19-27(16-17-38-29)37(6,7)8;/h9-17,19,21H,1-8H3;/q-2;+2. The molecule has 0 radical (unpaired) electrons. The number of benzene rings is 2. The first-order chi connectivity index (χ1) is 20.4. The first-order valence-corrected chi connectivity index (χ1v) is 16.1. The third-order valence-electron chi connectivity index (χ3n) is 7.62. The molecule has 0 saturated heterocycles. The summed E-state index contributed by atoms with van der Waals surface area (Å²) in [5, 5.41) is 0. The van der Waals surface area contributed by atoms with Crippen LogP contribution in [-0.4, -0.2) is 15.0 Å². The number of aryl methyl sites for hydroxylation is 2. The van der Waals surface area contributed by atoms with Crippen LogP contribution < -0.4 is 4.74 Å². The van der Waals surface area contributed by atoms with Gasteiger partial charge in [-0.05, 0) is 51.8 Å². The topological polar surface area (TPSA) is 47.9 Å². The van der Waals surface area contributed by atoms with Crippen molar-refractivity contribution in [2.75, 3.05) is 0 Å². The Bertz CT molecular complexity index is 1940. The van der Waals surface area contributed by atoms with E-state index in [1.54, 1.807) is 29.0 Å². The minimum absolute atomic E-state index is 0. The molecule has 4 aromatic heterocycles. The maximum atomic E-state index is 6.35. The van der Waals surface area contributed by atoms with Crippen LogP contribution in [0.5, 0.6) is 11.5 Å². The van der Waals surface area contributed by atoms with Crippen LogP contribution in [0.4, 0.5) is 0 Å². The van der Waals surface area contributed by atoms with Crippen molar-refractivity contribution in [1.29, 1.82) is 0 Å². The van der Waals surface area contributed by atoms with Crippen molar-refractivity contribution in [3.63, 3.8) is 0 Å². The summed E-state index contributed by atoms with van der Waals surface area (Å²) in [6.07, 6.45) is 3.52. The van der Waals surface area contributed by atoms with Gasteiger partial charge in [0.25, 0.3) is 0 Å². The zero-order valence-corrected chi connectivity index (χ0v) is 30.1. The summed E-state index contributed by atoms with van der Waals surface area (Å²) >= 11 is 3.37. The van der Waals surface area contributed by atoms with E-state index in [9.17, 15) is 0 Å². The summed E-state index contributed by atoms with van der Waals surface area (Å²) in [5.41, 5.74) is 8.73. The van der Waals surface area contributed by atoms with Gasteiger partial charge in [-0.2, -0.15) is 0 Å². The Labute approximate surface area is 282 Å². The van der Waals surface area contributed by atoms with Gasteiger partial charge in [0.1, 0.15) is 6.33 Å². The smallest absolute Gasteiger partial charge is 0.502 e. The Hall–Kier alpha value is -3.18. The molecule has 0 aliphatic rings. The monoisotopic (exact) mass is 796 g/mol. The van der Waals surface area contributed by atoms with Crippen LogP contribution in [0.2, 0.25) is 0 Å². The van der Waals surface area contributed by atoms with E-state index >= 15 is 0 Å². The van der Waals surface area contributed by atoms with E-state index in [-0.39, 0.29) is 31.9 Å². The van der Waals surface area contributed by atoms with E-state index in [2.05, 4.69) is 114 Å². The van der Waals surface area contributed by atoms with Crippen molar-refractivity contribution < 1.29 is 25.8 Å². The van der Waals surface area contributed by atoms with Crippen molar-refractivity contribution in [3.8, 4) is 43.8 Å². The van der Waals surface area contributed by atoms with Crippen molar-refractivity contribution in [2.45, 2.75) is 66.2 Å². The number of aromatic nitrogens is 3. The summed E-state index contributed by atoms with van der Waals surface area (Å²) in [4.78, 5) is 17.2. The first kappa shape index (κ1) is 32.2. The van der Waals surface area contributed by atoms with Gasteiger partial charge in [0.15, 0.2) is 0 Å². The van der Waals surface area contributed by atoms with E-state index in [4.69, 9.17) is 9.72 Å². The van der Waals surface area contributed by atoms with Gasteiger partial charge in [0.05, 0.1) is 5.52 Å². The van der Waals surface area contributed by atoms with Gasteiger partial charge in [0.2, 0.25) is 0 Å². The normalized spacial score (nSPS) is 11.9. The first-order valence-electron chi connectivity index (χ1n) is 14.4. The van der Waals surface area contributed by atoms with Crippen molar-refractivity contribution in [2.24, 2.45) is 0 Å². The Balaban J connectivity index is 0.00000384. The van der Waals surface area contributed by atoms with Crippen LogP contribution in [0.1, 0.15) is 63.1 Å². The fourth-order valence-corrected chi connectivity index (χ4v) is 7.23. The molecular weight excluding hydrogens is 762 g/mol. The van der Waals surface area contributed by atoms with Gasteiger partial charge >= 0.3 is 21.1 Å². The van der Waals surface area contributed by atoms with E-state index in [1.807, 2.05) is 24.4 Å². The molecular formula is C37H35N3OPtS2. The zero-order chi connectivity index (χ0) is 30.5. The average molecular weight is 797 g/mol. The number of hydrogen-bond acceptors (Lipinski definition) is 6. The molecule has 0 aliphatic heterocycles. The number of pyridine rings is 1. The van der Waals surface area contributed by atoms with Crippen molar-refractivity contribution in [3.05, 3.63) is 101 Å². The van der Waals surface area contributed by atoms with Gasteiger partial charge in [0, 0.05) is 33.0 Å². The van der Waals surface area contributed by atoms with Gasteiger partial charge in [-0.25, -0.2) is 16.3 Å². The number of nitrogens with zero attached hydrogens (tertiary/aromatic N) is 3. The molecule has 0 atom stereocenters. The van der Waals surface area contributed by atoms with Gasteiger partial charge in [-0.15, -0.1) is 41.2 Å². The number of thiophene rings is 2. The molecule has 6 aromatic rings. The Morgan fingerprint density at radius 2 is 1.50 bits per heavy atom. The van der Waals surface area contributed by atoms with E-state index in [0.717, 1.165) is 36.9 Å². The molecule has 6 rings (SSSR count). The second kappa shape index (κ2) is 12.3. The zero-order valence-electron chi connectivity index (χ0n) is 26.2. The van der Waals surface area contributed by atoms with Crippen LogP contribution in [0.15, 0.2) is 67.1 Å². The quantitative estimate of drug-likeness (QED) is 0.163. The predicted molar refractivity (Wildman–Crippen MR) is 180 cm³/mol. The SMILES string of the molecule is Cc1sc(-c2ncnc3c(C)c(-c4ccc(C(C)(C)C)cc4)sc23)[c-]c1Oc1[c-]c(-c2cc(C(C)(C)C)ccn2)ccc1.[Pt+2]. The maximum Gasteiger partial charge on any atom is 2.00 e. The van der Waals surface area contributed by atoms with Crippen LogP contribution >= 0.6 is 22.7 Å². The molecule has 4 nitrogen and oxygen atoms in total. The fraction of sp³-hybridized carbons (Fsp3) is 0.270. The molecule has 7 heteroatoms. The third kappa shape index (κ3) is 6.44. The van der Waals surface area contributed by atoms with E-state index < -0.39 is 0 Å². The Kier molecular flexibility index (Phi) is 9.01. The van der Waals surface area contributed by atoms with Crippen LogP contribution in [0.3, 0.4) is 0 Å². The Morgan fingerprint density at radius 1 is 0.773 bits per heavy atom. The summed E-state index contributed by atoms with van der Waals surface area (Å²) in [5.74, 6) is 1.31. The minimum atomic E-state index is 0. The van der Waals surface area contributed by atoms with Crippen molar-refractivity contribution >= 4 is 32.9 Å². The molecule has 0 N–H and O–H groups in total. The van der Waals surface area contributed by atoms with Gasteiger partial charge in [-0.3, -0.25) is 4.98 Å². The molecule has 0 aliphatic carbocycles. The number of hydrogen-bond donors (Lipinski definition) is 0. The average Bonchev–Trinajstić information content (AvgIpc) is 3.51. The molecule has 0 spiro atoms. The molecule has 0 bridgehead atoms. The molecule has 0 saturated carbocycles. The van der Waals surface area contributed by atoms with Gasteiger partial charge < -0.3 is 9.72 Å². The van der Waals surface area contributed by atoms with Gasteiger partial charge in [-0.1, -0.05) is 94.6 Å². The molecule has 4 heterocycles. The Morgan fingerprint density at radius 3 is 2.20 bits per heavy atom. The molecule has 0 unspecified atom stereocenters. The maximum absolute atomic E-state index is 6.35. The fourth-order valence-electron chi connectivity index (χ4n) is 5.01. The van der Waals surface area contributed by atoms with Crippen LogP contribution in [0.25, 0.3) is 42.5 Å². The minimum Gasteiger partial charge on any atom is -0.502 e. The number of rotatable bonds is 5. The summed E-state index contributed by atoms with van der Waals surface area (Å²) in [6, 6.07) is 25.9. The van der Waals surface area contributed by atoms with Crippen LogP contribution in [0, 0.1) is 26.0 Å². The molecule has 0 fully saturated rings. The summed E-state index contributed by atoms with van der Waals surface area (Å²) < 4.78 is 7.42. The molecule has 0 amide bonds. The molecule has 226 valence electrons. The third-order valence-corrected chi connectivity index (χ3v) is 9.94. The number of ether oxygens (including phenoxy) is 1. The molecule has 2 aromatic carbocycles. The van der Waals surface area contributed by atoms with Crippen LogP contribution in [-0.2, 0) is 31.9 Å². The molecule has 44 heavy (non-hydrogen) atoms. The van der Waals surface area contributed by atoms with E-state index in [1.165, 1.54) is 27.1 Å². The van der Waals surface area contributed by atoms with E-state index in [0.29, 0.717) is 11.5 Å².